The third kappa shape index (κ3) is 8.08. The van der Waals surface area contributed by atoms with Crippen LogP contribution in [0.4, 0.5) is 0 Å². The van der Waals surface area contributed by atoms with E-state index in [0.29, 0.717) is 5.69 Å². The number of benzene rings is 3. The van der Waals surface area contributed by atoms with Gasteiger partial charge in [-0.25, -0.2) is 9.78 Å². The summed E-state index contributed by atoms with van der Waals surface area (Å²) in [6.07, 6.45) is 6.89. The molecule has 256 valence electrons. The zero-order valence-corrected chi connectivity index (χ0v) is 27.1. The summed E-state index contributed by atoms with van der Waals surface area (Å²) in [6.45, 7) is 0. The lowest BCUT2D eigenvalue weighted by atomic mass is 10.0. The fraction of sp³-hybridized carbons (Fsp3) is 0.216. The van der Waals surface area contributed by atoms with E-state index in [1.165, 1.54) is 6.33 Å². The number of nitrogens with zero attached hydrogens (tertiary/aromatic N) is 1. The molecule has 0 saturated heterocycles. The second-order valence-electron chi connectivity index (χ2n) is 12.2. The van der Waals surface area contributed by atoms with Crippen molar-refractivity contribution in [1.29, 1.82) is 0 Å². The zero-order valence-electron chi connectivity index (χ0n) is 27.1. The van der Waals surface area contributed by atoms with E-state index in [1.807, 2.05) is 78.9 Å². The van der Waals surface area contributed by atoms with Crippen molar-refractivity contribution in [1.82, 2.24) is 35.9 Å². The first-order valence-electron chi connectivity index (χ1n) is 16.3. The smallest absolute Gasteiger partial charge is 0.326 e. The molecule has 4 unspecified atom stereocenters. The lowest BCUT2D eigenvalue weighted by Crippen LogP contribution is -2.58. The number of carboxylic acids is 1. The van der Waals surface area contributed by atoms with Gasteiger partial charge in [-0.05, 0) is 28.8 Å². The largest absolute Gasteiger partial charge is 0.480 e. The van der Waals surface area contributed by atoms with E-state index in [2.05, 4.69) is 35.9 Å². The van der Waals surface area contributed by atoms with Crippen LogP contribution in [0.2, 0.25) is 0 Å². The fourth-order valence-electron chi connectivity index (χ4n) is 6.06. The molecule has 13 heteroatoms. The summed E-state index contributed by atoms with van der Waals surface area (Å²) in [5.74, 6) is -3.09. The Morgan fingerprint density at radius 1 is 0.640 bits per heavy atom. The van der Waals surface area contributed by atoms with Crippen molar-refractivity contribution in [2.45, 2.75) is 49.9 Å². The minimum atomic E-state index is -1.29. The number of aromatic amines is 3. The van der Waals surface area contributed by atoms with Gasteiger partial charge in [0.25, 0.3) is 0 Å². The monoisotopic (exact) mass is 674 g/mol. The number of imidazole rings is 1. The normalized spacial score (nSPS) is 13.7. The predicted molar refractivity (Wildman–Crippen MR) is 188 cm³/mol. The molecule has 6 rings (SSSR count). The van der Waals surface area contributed by atoms with Crippen LogP contribution in [-0.4, -0.2) is 72.9 Å². The highest BCUT2D eigenvalue weighted by Crippen LogP contribution is 2.21. The summed E-state index contributed by atoms with van der Waals surface area (Å²) in [7, 11) is 0. The van der Waals surface area contributed by atoms with E-state index in [4.69, 9.17) is 5.73 Å². The van der Waals surface area contributed by atoms with E-state index in [0.717, 1.165) is 38.5 Å². The van der Waals surface area contributed by atoms with Gasteiger partial charge < -0.3 is 41.7 Å². The van der Waals surface area contributed by atoms with Gasteiger partial charge in [0.2, 0.25) is 17.7 Å². The van der Waals surface area contributed by atoms with Crippen LogP contribution in [-0.2, 0) is 44.9 Å². The highest BCUT2D eigenvalue weighted by Gasteiger charge is 2.32. The summed E-state index contributed by atoms with van der Waals surface area (Å²) in [6, 6.07) is 19.6. The van der Waals surface area contributed by atoms with Gasteiger partial charge in [-0.15, -0.1) is 0 Å². The number of nitrogens with one attached hydrogen (secondary N) is 6. The number of carbonyl (C=O) groups excluding carboxylic acids is 3. The molecule has 0 saturated carbocycles. The molecule has 3 aromatic carbocycles. The summed E-state index contributed by atoms with van der Waals surface area (Å²) in [5.41, 5.74) is 10.8. The van der Waals surface area contributed by atoms with Crippen LogP contribution >= 0.6 is 0 Å². The van der Waals surface area contributed by atoms with Crippen LogP contribution < -0.4 is 21.7 Å². The fourth-order valence-corrected chi connectivity index (χ4v) is 6.06. The number of rotatable bonds is 15. The maximum absolute atomic E-state index is 14.1. The highest BCUT2D eigenvalue weighted by molar-refractivity contribution is 5.95. The Kier molecular flexibility index (Phi) is 10.3. The van der Waals surface area contributed by atoms with Gasteiger partial charge in [-0.2, -0.15) is 0 Å². The van der Waals surface area contributed by atoms with Crippen LogP contribution in [0.5, 0.6) is 0 Å². The minimum Gasteiger partial charge on any atom is -0.480 e. The Morgan fingerprint density at radius 3 is 1.74 bits per heavy atom. The molecular weight excluding hydrogens is 636 g/mol. The SMILES string of the molecule is NC(Cc1cnc[nH]1)C(=O)NC(Cc1ccccc1)C(=O)NC(Cc1c[nH]c2ccccc12)C(=O)NC(Cc1c[nH]c2ccccc12)C(=O)O. The first-order valence-corrected chi connectivity index (χ1v) is 16.3. The quantitative estimate of drug-likeness (QED) is 0.0815. The number of carbonyl (C=O) groups is 4. The second-order valence-corrected chi connectivity index (χ2v) is 12.2. The summed E-state index contributed by atoms with van der Waals surface area (Å²) in [5, 5.41) is 20.1. The summed E-state index contributed by atoms with van der Waals surface area (Å²) in [4.78, 5) is 67.0. The van der Waals surface area contributed by atoms with Gasteiger partial charge in [0.15, 0.2) is 0 Å². The molecule has 9 N–H and O–H groups in total. The number of aliphatic carboxylic acids is 1. The average molecular weight is 675 g/mol. The molecule has 0 aliphatic heterocycles. The molecule has 3 aromatic heterocycles. The first-order chi connectivity index (χ1) is 24.2. The average Bonchev–Trinajstić information content (AvgIpc) is 3.89. The Hall–Kier alpha value is -6.21. The van der Waals surface area contributed by atoms with E-state index in [-0.39, 0.29) is 25.7 Å². The molecule has 0 spiro atoms. The molecular formula is C37H38N8O5. The second kappa shape index (κ2) is 15.3. The van der Waals surface area contributed by atoms with E-state index in [1.54, 1.807) is 18.6 Å². The topological polar surface area (TPSA) is 211 Å². The number of fused-ring (bicyclic) bond motifs is 2. The van der Waals surface area contributed by atoms with Crippen molar-refractivity contribution >= 4 is 45.5 Å². The molecule has 13 nitrogen and oxygen atoms in total. The Bertz CT molecular complexity index is 2090. The molecule has 3 heterocycles. The number of hydrogen-bond donors (Lipinski definition) is 8. The van der Waals surface area contributed by atoms with Crippen molar-refractivity contribution in [3.63, 3.8) is 0 Å². The van der Waals surface area contributed by atoms with Crippen molar-refractivity contribution < 1.29 is 24.3 Å². The molecule has 0 aliphatic rings. The van der Waals surface area contributed by atoms with Crippen LogP contribution in [0.25, 0.3) is 21.8 Å². The Labute approximate surface area is 287 Å². The molecule has 0 bridgehead atoms. The maximum atomic E-state index is 14.1. The van der Waals surface area contributed by atoms with Gasteiger partial charge >= 0.3 is 5.97 Å². The third-order valence-corrected chi connectivity index (χ3v) is 8.69. The number of nitrogens with two attached hydrogens (primary N) is 1. The van der Waals surface area contributed by atoms with Gasteiger partial charge in [0, 0.05) is 71.8 Å². The summed E-state index contributed by atoms with van der Waals surface area (Å²) < 4.78 is 0. The van der Waals surface area contributed by atoms with E-state index in [9.17, 15) is 24.3 Å². The van der Waals surface area contributed by atoms with Crippen molar-refractivity contribution in [3.8, 4) is 0 Å². The van der Waals surface area contributed by atoms with Crippen molar-refractivity contribution in [2.75, 3.05) is 0 Å². The molecule has 50 heavy (non-hydrogen) atoms. The molecule has 0 radical (unpaired) electrons. The number of para-hydroxylation sites is 2. The first kappa shape index (κ1) is 33.7. The van der Waals surface area contributed by atoms with Crippen LogP contribution in [0.3, 0.4) is 0 Å². The van der Waals surface area contributed by atoms with Crippen LogP contribution in [0.1, 0.15) is 22.4 Å². The van der Waals surface area contributed by atoms with Gasteiger partial charge in [0.05, 0.1) is 12.4 Å². The van der Waals surface area contributed by atoms with Crippen molar-refractivity contribution in [3.05, 3.63) is 126 Å². The lowest BCUT2D eigenvalue weighted by molar-refractivity contribution is -0.142. The zero-order chi connectivity index (χ0) is 35.0. The third-order valence-electron chi connectivity index (χ3n) is 8.69. The van der Waals surface area contributed by atoms with Gasteiger partial charge in [-0.1, -0.05) is 66.7 Å². The summed E-state index contributed by atoms with van der Waals surface area (Å²) >= 11 is 0. The molecule has 6 aromatic rings. The molecule has 3 amide bonds. The van der Waals surface area contributed by atoms with Gasteiger partial charge in [-0.3, -0.25) is 14.4 Å². The van der Waals surface area contributed by atoms with E-state index >= 15 is 0 Å². The number of aromatic nitrogens is 4. The van der Waals surface area contributed by atoms with Crippen molar-refractivity contribution in [2.24, 2.45) is 5.73 Å². The number of amides is 3. The maximum Gasteiger partial charge on any atom is 0.326 e. The Morgan fingerprint density at radius 2 is 1.16 bits per heavy atom. The Balaban J connectivity index is 1.25. The molecule has 0 aliphatic carbocycles. The van der Waals surface area contributed by atoms with Gasteiger partial charge in [0.1, 0.15) is 18.1 Å². The predicted octanol–water partition coefficient (Wildman–Crippen LogP) is 2.51. The van der Waals surface area contributed by atoms with E-state index < -0.39 is 47.9 Å². The number of carboxylic acid groups (broad SMARTS) is 1. The van der Waals surface area contributed by atoms with Crippen LogP contribution in [0.15, 0.2) is 104 Å². The molecule has 0 fully saturated rings. The number of H-pyrrole nitrogens is 3. The highest BCUT2D eigenvalue weighted by atomic mass is 16.4. The standard InChI is InChI=1S/C37H38N8O5/c38-28(17-25-20-39-21-42-25)34(46)43-31(14-22-8-2-1-3-9-22)35(47)44-32(15-23-18-40-29-12-6-4-10-26(23)29)36(48)45-33(37(49)50)16-24-19-41-30-13-7-5-11-27(24)30/h1-13,18-21,28,31-33,40-41H,14-17,38H2,(H,39,42)(H,43,46)(H,44,47)(H,45,48)(H,49,50). The number of hydrogen-bond acceptors (Lipinski definition) is 6. The molecule has 4 atom stereocenters. The van der Waals surface area contributed by atoms with Crippen LogP contribution in [0, 0.1) is 0 Å². The lowest BCUT2D eigenvalue weighted by Gasteiger charge is -2.25. The minimum absolute atomic E-state index is 0.0136.